The van der Waals surface area contributed by atoms with Gasteiger partial charge in [0.2, 0.25) is 0 Å². The van der Waals surface area contributed by atoms with Crippen molar-refractivity contribution in [3.8, 4) is 0 Å². The summed E-state index contributed by atoms with van der Waals surface area (Å²) in [5, 5.41) is 20.4. The van der Waals surface area contributed by atoms with Gasteiger partial charge in [-0.3, -0.25) is 0 Å². The molecular weight excluding hydrogens is 176 g/mol. The second-order valence-corrected chi connectivity index (χ2v) is 5.67. The van der Waals surface area contributed by atoms with Gasteiger partial charge in [-0.25, -0.2) is 0 Å². The Bertz CT molecular complexity index is 228. The minimum atomic E-state index is -0.509. The highest BCUT2D eigenvalue weighted by molar-refractivity contribution is 5.05. The Morgan fingerprint density at radius 1 is 1.21 bits per heavy atom. The fraction of sp³-hybridized carbons (Fsp3) is 1.00. The number of hydrogen-bond donors (Lipinski definition) is 2. The van der Waals surface area contributed by atoms with E-state index in [1.54, 1.807) is 0 Å². The summed E-state index contributed by atoms with van der Waals surface area (Å²) >= 11 is 0. The summed E-state index contributed by atoms with van der Waals surface area (Å²) < 4.78 is 0. The summed E-state index contributed by atoms with van der Waals surface area (Å²) in [6, 6.07) is 0. The lowest BCUT2D eigenvalue weighted by Gasteiger charge is -2.56. The van der Waals surface area contributed by atoms with E-state index >= 15 is 0 Å². The number of aliphatic hydroxyl groups excluding tert-OH is 1. The summed E-state index contributed by atoms with van der Waals surface area (Å²) in [5.41, 5.74) is -0.549. The molecule has 2 rings (SSSR count). The van der Waals surface area contributed by atoms with Gasteiger partial charge in [0.25, 0.3) is 0 Å². The van der Waals surface area contributed by atoms with Crippen LogP contribution in [0.25, 0.3) is 0 Å². The molecule has 14 heavy (non-hydrogen) atoms. The van der Waals surface area contributed by atoms with Gasteiger partial charge in [0.1, 0.15) is 0 Å². The molecule has 0 bridgehead atoms. The average molecular weight is 198 g/mol. The van der Waals surface area contributed by atoms with Crippen molar-refractivity contribution in [2.75, 3.05) is 0 Å². The lowest BCUT2D eigenvalue weighted by Crippen LogP contribution is -2.57. The lowest BCUT2D eigenvalue weighted by atomic mass is 9.53. The number of hydrogen-bond acceptors (Lipinski definition) is 2. The Kier molecular flexibility index (Phi) is 2.39. The van der Waals surface area contributed by atoms with E-state index in [2.05, 4.69) is 13.8 Å². The molecule has 2 N–H and O–H groups in total. The molecule has 0 spiro atoms. The second-order valence-electron chi connectivity index (χ2n) is 5.67. The maximum absolute atomic E-state index is 10.7. The molecule has 2 aliphatic carbocycles. The van der Waals surface area contributed by atoms with E-state index in [4.69, 9.17) is 0 Å². The molecule has 2 saturated carbocycles. The predicted molar refractivity (Wildman–Crippen MR) is 55.9 cm³/mol. The van der Waals surface area contributed by atoms with E-state index in [1.807, 2.05) is 0 Å². The van der Waals surface area contributed by atoms with E-state index in [0.717, 1.165) is 32.1 Å². The Labute approximate surface area is 86.3 Å². The molecule has 2 nitrogen and oxygen atoms in total. The molecule has 0 heterocycles. The molecule has 0 aliphatic heterocycles. The summed E-state index contributed by atoms with van der Waals surface area (Å²) in [7, 11) is 0. The molecule has 0 aromatic heterocycles. The molecule has 0 aromatic carbocycles. The average Bonchev–Trinajstić information content (AvgIpc) is 2.10. The van der Waals surface area contributed by atoms with E-state index < -0.39 is 5.60 Å². The number of fused-ring (bicyclic) bond motifs is 1. The van der Waals surface area contributed by atoms with Crippen LogP contribution in [0.5, 0.6) is 0 Å². The monoisotopic (exact) mass is 198 g/mol. The van der Waals surface area contributed by atoms with Crippen LogP contribution in [0.1, 0.15) is 52.4 Å². The predicted octanol–water partition coefficient (Wildman–Crippen LogP) is 2.09. The lowest BCUT2D eigenvalue weighted by molar-refractivity contribution is -0.184. The summed E-state index contributed by atoms with van der Waals surface area (Å²) in [5.74, 6) is 0.397. The molecule has 0 amide bonds. The van der Waals surface area contributed by atoms with Crippen LogP contribution in [-0.2, 0) is 0 Å². The minimum absolute atomic E-state index is 0.0394. The first-order valence-electron chi connectivity index (χ1n) is 5.88. The molecule has 0 unspecified atom stereocenters. The number of aliphatic hydroxyl groups is 2. The van der Waals surface area contributed by atoms with E-state index in [-0.39, 0.29) is 11.5 Å². The van der Waals surface area contributed by atoms with Crippen molar-refractivity contribution in [2.24, 2.45) is 11.3 Å². The van der Waals surface area contributed by atoms with Crippen molar-refractivity contribution >= 4 is 0 Å². The van der Waals surface area contributed by atoms with Crippen molar-refractivity contribution in [3.05, 3.63) is 0 Å². The highest BCUT2D eigenvalue weighted by Gasteiger charge is 2.54. The van der Waals surface area contributed by atoms with Crippen molar-refractivity contribution < 1.29 is 10.2 Å². The highest BCUT2D eigenvalue weighted by Crippen LogP contribution is 2.55. The van der Waals surface area contributed by atoms with Gasteiger partial charge in [0.15, 0.2) is 0 Å². The molecular formula is C12H22O2. The van der Waals surface area contributed by atoms with Crippen LogP contribution in [0.4, 0.5) is 0 Å². The maximum atomic E-state index is 10.7. The first kappa shape index (κ1) is 10.4. The SMILES string of the molecule is C[C@@H]1CCC[C@]2(C)C[C@@H](O)CC[C@@]12O. The van der Waals surface area contributed by atoms with Crippen LogP contribution in [0, 0.1) is 11.3 Å². The van der Waals surface area contributed by atoms with Crippen LogP contribution in [-0.4, -0.2) is 21.9 Å². The van der Waals surface area contributed by atoms with Gasteiger partial charge < -0.3 is 10.2 Å². The maximum Gasteiger partial charge on any atom is 0.0728 e. The van der Waals surface area contributed by atoms with Gasteiger partial charge >= 0.3 is 0 Å². The van der Waals surface area contributed by atoms with Gasteiger partial charge in [0, 0.05) is 0 Å². The van der Waals surface area contributed by atoms with E-state index in [9.17, 15) is 10.2 Å². The first-order chi connectivity index (χ1) is 6.48. The van der Waals surface area contributed by atoms with Gasteiger partial charge in [-0.05, 0) is 43.4 Å². The fourth-order valence-corrected chi connectivity index (χ4v) is 3.68. The smallest absolute Gasteiger partial charge is 0.0728 e. The van der Waals surface area contributed by atoms with Crippen LogP contribution >= 0.6 is 0 Å². The zero-order valence-electron chi connectivity index (χ0n) is 9.29. The van der Waals surface area contributed by atoms with Crippen LogP contribution in [0.3, 0.4) is 0 Å². The Hall–Kier alpha value is -0.0800. The van der Waals surface area contributed by atoms with Crippen LogP contribution in [0.15, 0.2) is 0 Å². The van der Waals surface area contributed by atoms with E-state index in [1.165, 1.54) is 6.42 Å². The molecule has 2 aliphatic rings. The van der Waals surface area contributed by atoms with Gasteiger partial charge in [0.05, 0.1) is 11.7 Å². The molecule has 0 radical (unpaired) electrons. The molecule has 82 valence electrons. The molecule has 4 atom stereocenters. The minimum Gasteiger partial charge on any atom is -0.393 e. The Morgan fingerprint density at radius 2 is 1.93 bits per heavy atom. The topological polar surface area (TPSA) is 40.5 Å². The number of rotatable bonds is 0. The normalized spacial score (nSPS) is 54.0. The van der Waals surface area contributed by atoms with Crippen LogP contribution in [0.2, 0.25) is 0 Å². The standard InChI is InChI=1S/C12H22O2/c1-9-4-3-6-11(2)8-10(13)5-7-12(9,11)14/h9-10,13-14H,3-8H2,1-2H3/t9-,10+,11-,12-/m1/s1. The zero-order chi connectivity index (χ0) is 10.4. The zero-order valence-corrected chi connectivity index (χ0v) is 9.29. The highest BCUT2D eigenvalue weighted by atomic mass is 16.3. The van der Waals surface area contributed by atoms with Gasteiger partial charge in [-0.1, -0.05) is 20.3 Å². The summed E-state index contributed by atoms with van der Waals surface area (Å²) in [6.07, 6.45) is 5.57. The largest absolute Gasteiger partial charge is 0.393 e. The first-order valence-corrected chi connectivity index (χ1v) is 5.88. The van der Waals surface area contributed by atoms with E-state index in [0.29, 0.717) is 5.92 Å². The van der Waals surface area contributed by atoms with Crippen LogP contribution < -0.4 is 0 Å². The third kappa shape index (κ3) is 1.31. The van der Waals surface area contributed by atoms with Gasteiger partial charge in [-0.15, -0.1) is 0 Å². The third-order valence-electron chi connectivity index (χ3n) is 4.77. The third-order valence-corrected chi connectivity index (χ3v) is 4.77. The summed E-state index contributed by atoms with van der Waals surface area (Å²) in [6.45, 7) is 4.32. The Morgan fingerprint density at radius 3 is 2.64 bits per heavy atom. The van der Waals surface area contributed by atoms with Crippen molar-refractivity contribution in [1.82, 2.24) is 0 Å². The fourth-order valence-electron chi connectivity index (χ4n) is 3.68. The van der Waals surface area contributed by atoms with Crippen molar-refractivity contribution in [1.29, 1.82) is 0 Å². The Balaban J connectivity index is 2.27. The van der Waals surface area contributed by atoms with Crippen molar-refractivity contribution in [3.63, 3.8) is 0 Å². The molecule has 0 saturated heterocycles. The second kappa shape index (κ2) is 3.21. The van der Waals surface area contributed by atoms with Crippen molar-refractivity contribution in [2.45, 2.75) is 64.1 Å². The quantitative estimate of drug-likeness (QED) is 0.625. The molecule has 2 heteroatoms. The summed E-state index contributed by atoms with van der Waals surface area (Å²) in [4.78, 5) is 0. The molecule has 0 aromatic rings. The molecule has 2 fully saturated rings. The van der Waals surface area contributed by atoms with Gasteiger partial charge in [-0.2, -0.15) is 0 Å².